The maximum absolute atomic E-state index is 12.6. The standard InChI is InChI=1S/C28H25BrN2O3/c1-2-25(34-26-17-14-22-10-6-7-11-24(22)27(26)29)28(32)31-30-18-20-12-15-23(16-13-20)33-19-21-8-4-3-5-9-21/h3-18,25H,2,19H2,1H3,(H,31,32). The number of nitrogens with one attached hydrogen (secondary N) is 1. The fourth-order valence-corrected chi connectivity index (χ4v) is 4.00. The number of ether oxygens (including phenoxy) is 2. The number of amides is 1. The van der Waals surface area contributed by atoms with Crippen molar-refractivity contribution in [1.29, 1.82) is 0 Å². The minimum absolute atomic E-state index is 0.304. The first kappa shape index (κ1) is 23.5. The van der Waals surface area contributed by atoms with Crippen molar-refractivity contribution in [1.82, 2.24) is 5.43 Å². The molecule has 1 unspecified atom stereocenters. The second kappa shape index (κ2) is 11.5. The maximum Gasteiger partial charge on any atom is 0.281 e. The number of carbonyl (C=O) groups excluding carboxylic acids is 1. The molecule has 0 radical (unpaired) electrons. The van der Waals surface area contributed by atoms with Crippen LogP contribution in [0.4, 0.5) is 0 Å². The van der Waals surface area contributed by atoms with Crippen molar-refractivity contribution in [2.45, 2.75) is 26.1 Å². The van der Waals surface area contributed by atoms with E-state index in [0.29, 0.717) is 18.8 Å². The van der Waals surface area contributed by atoms with Crippen LogP contribution in [-0.2, 0) is 11.4 Å². The molecule has 4 rings (SSSR count). The molecule has 0 aliphatic heterocycles. The first-order chi connectivity index (χ1) is 16.6. The molecule has 34 heavy (non-hydrogen) atoms. The van der Waals surface area contributed by atoms with Gasteiger partial charge in [0.2, 0.25) is 0 Å². The van der Waals surface area contributed by atoms with Crippen molar-refractivity contribution in [3.8, 4) is 11.5 Å². The topological polar surface area (TPSA) is 59.9 Å². The molecular weight excluding hydrogens is 492 g/mol. The molecule has 4 aromatic carbocycles. The van der Waals surface area contributed by atoms with E-state index in [4.69, 9.17) is 9.47 Å². The van der Waals surface area contributed by atoms with Gasteiger partial charge in [0, 0.05) is 0 Å². The van der Waals surface area contributed by atoms with E-state index in [9.17, 15) is 4.79 Å². The third-order valence-electron chi connectivity index (χ3n) is 5.28. The van der Waals surface area contributed by atoms with E-state index in [1.165, 1.54) is 0 Å². The Kier molecular flexibility index (Phi) is 7.94. The Hall–Kier alpha value is -3.64. The van der Waals surface area contributed by atoms with E-state index >= 15 is 0 Å². The summed E-state index contributed by atoms with van der Waals surface area (Å²) in [5, 5.41) is 6.22. The van der Waals surface area contributed by atoms with Crippen molar-refractivity contribution in [2.75, 3.05) is 0 Å². The van der Waals surface area contributed by atoms with Crippen molar-refractivity contribution in [3.63, 3.8) is 0 Å². The highest BCUT2D eigenvalue weighted by Gasteiger charge is 2.19. The third kappa shape index (κ3) is 6.02. The summed E-state index contributed by atoms with van der Waals surface area (Å²) >= 11 is 3.61. The fraction of sp³-hybridized carbons (Fsp3) is 0.143. The fourth-order valence-electron chi connectivity index (χ4n) is 3.41. The first-order valence-corrected chi connectivity index (χ1v) is 11.9. The lowest BCUT2D eigenvalue weighted by atomic mass is 10.1. The molecule has 1 atom stereocenters. The Bertz CT molecular complexity index is 1270. The SMILES string of the molecule is CCC(Oc1ccc2ccccc2c1Br)C(=O)NN=Cc1ccc(OCc2ccccc2)cc1. The Morgan fingerprint density at radius 1 is 0.971 bits per heavy atom. The third-order valence-corrected chi connectivity index (χ3v) is 6.10. The number of fused-ring (bicyclic) bond motifs is 1. The van der Waals surface area contributed by atoms with Crippen LogP contribution in [0.25, 0.3) is 10.8 Å². The largest absolute Gasteiger partial charge is 0.489 e. The molecule has 0 heterocycles. The summed E-state index contributed by atoms with van der Waals surface area (Å²) in [5.74, 6) is 1.09. The summed E-state index contributed by atoms with van der Waals surface area (Å²) in [6.45, 7) is 2.41. The van der Waals surface area contributed by atoms with Crippen LogP contribution in [0, 0.1) is 0 Å². The molecule has 0 aliphatic rings. The molecule has 0 aliphatic carbocycles. The average molecular weight is 517 g/mol. The number of hydrogen-bond acceptors (Lipinski definition) is 4. The van der Waals surface area contributed by atoms with Gasteiger partial charge < -0.3 is 9.47 Å². The van der Waals surface area contributed by atoms with Crippen molar-refractivity contribution < 1.29 is 14.3 Å². The highest BCUT2D eigenvalue weighted by Crippen LogP contribution is 2.33. The summed E-state index contributed by atoms with van der Waals surface area (Å²) in [6.07, 6.45) is 1.44. The predicted octanol–water partition coefficient (Wildman–Crippen LogP) is 6.49. The van der Waals surface area contributed by atoms with Crippen LogP contribution in [-0.4, -0.2) is 18.2 Å². The Labute approximate surface area is 207 Å². The van der Waals surface area contributed by atoms with Gasteiger partial charge in [-0.05, 0) is 74.6 Å². The minimum atomic E-state index is -0.664. The van der Waals surface area contributed by atoms with Crippen LogP contribution >= 0.6 is 15.9 Å². The predicted molar refractivity (Wildman–Crippen MR) is 139 cm³/mol. The molecule has 172 valence electrons. The molecule has 0 saturated heterocycles. The lowest BCUT2D eigenvalue weighted by Gasteiger charge is -2.17. The molecule has 0 saturated carbocycles. The number of rotatable bonds is 9. The van der Waals surface area contributed by atoms with E-state index in [2.05, 4.69) is 26.5 Å². The zero-order valence-electron chi connectivity index (χ0n) is 18.8. The zero-order chi connectivity index (χ0) is 23.8. The van der Waals surface area contributed by atoms with E-state index < -0.39 is 6.10 Å². The summed E-state index contributed by atoms with van der Waals surface area (Å²) < 4.78 is 12.6. The number of hydrazone groups is 1. The normalized spacial score (nSPS) is 11.9. The summed E-state index contributed by atoms with van der Waals surface area (Å²) in [4.78, 5) is 12.6. The molecule has 5 nitrogen and oxygen atoms in total. The van der Waals surface area contributed by atoms with E-state index in [1.54, 1.807) is 6.21 Å². The molecule has 0 fully saturated rings. The average Bonchev–Trinajstić information content (AvgIpc) is 2.88. The molecule has 0 aromatic heterocycles. The van der Waals surface area contributed by atoms with Gasteiger partial charge in [-0.25, -0.2) is 5.43 Å². The molecule has 4 aromatic rings. The zero-order valence-corrected chi connectivity index (χ0v) is 20.4. The van der Waals surface area contributed by atoms with Gasteiger partial charge in [0.25, 0.3) is 5.91 Å². The highest BCUT2D eigenvalue weighted by atomic mass is 79.9. The van der Waals surface area contributed by atoms with Crippen molar-refractivity contribution in [3.05, 3.63) is 107 Å². The van der Waals surface area contributed by atoms with E-state index in [-0.39, 0.29) is 5.91 Å². The van der Waals surface area contributed by atoms with E-state index in [1.807, 2.05) is 97.9 Å². The van der Waals surface area contributed by atoms with Crippen LogP contribution < -0.4 is 14.9 Å². The second-order valence-electron chi connectivity index (χ2n) is 7.69. The van der Waals surface area contributed by atoms with E-state index in [0.717, 1.165) is 32.1 Å². The van der Waals surface area contributed by atoms with Gasteiger partial charge in [-0.3, -0.25) is 4.79 Å². The first-order valence-electron chi connectivity index (χ1n) is 11.1. The van der Waals surface area contributed by atoms with Gasteiger partial charge in [-0.15, -0.1) is 0 Å². The van der Waals surface area contributed by atoms with Gasteiger partial charge in [0.05, 0.1) is 10.7 Å². The molecule has 1 amide bonds. The Morgan fingerprint density at radius 2 is 1.71 bits per heavy atom. The van der Waals surface area contributed by atoms with Crippen LogP contribution in [0.3, 0.4) is 0 Å². The second-order valence-corrected chi connectivity index (χ2v) is 8.48. The monoisotopic (exact) mass is 516 g/mol. The lowest BCUT2D eigenvalue weighted by molar-refractivity contribution is -0.128. The molecular formula is C28H25BrN2O3. The summed E-state index contributed by atoms with van der Waals surface area (Å²) in [6, 6.07) is 29.4. The summed E-state index contributed by atoms with van der Waals surface area (Å²) in [7, 11) is 0. The minimum Gasteiger partial charge on any atom is -0.489 e. The number of hydrogen-bond donors (Lipinski definition) is 1. The van der Waals surface area contributed by atoms with Gasteiger partial charge in [0.15, 0.2) is 6.10 Å². The van der Waals surface area contributed by atoms with Crippen LogP contribution in [0.2, 0.25) is 0 Å². The van der Waals surface area contributed by atoms with Gasteiger partial charge in [-0.1, -0.05) is 67.6 Å². The Balaban J connectivity index is 1.32. The van der Waals surface area contributed by atoms with Crippen molar-refractivity contribution in [2.24, 2.45) is 5.10 Å². The molecule has 0 spiro atoms. The van der Waals surface area contributed by atoms with Gasteiger partial charge in [0.1, 0.15) is 18.1 Å². The number of carbonyl (C=O) groups is 1. The maximum atomic E-state index is 12.6. The highest BCUT2D eigenvalue weighted by molar-refractivity contribution is 9.10. The van der Waals surface area contributed by atoms with Crippen LogP contribution in [0.15, 0.2) is 101 Å². The lowest BCUT2D eigenvalue weighted by Crippen LogP contribution is -2.35. The van der Waals surface area contributed by atoms with Gasteiger partial charge in [-0.2, -0.15) is 5.10 Å². The molecule has 6 heteroatoms. The molecule has 0 bridgehead atoms. The number of nitrogens with zero attached hydrogens (tertiary/aromatic N) is 1. The molecule has 1 N–H and O–H groups in total. The Morgan fingerprint density at radius 3 is 2.47 bits per heavy atom. The number of halogens is 1. The quantitative estimate of drug-likeness (QED) is 0.204. The smallest absolute Gasteiger partial charge is 0.281 e. The van der Waals surface area contributed by atoms with Gasteiger partial charge >= 0.3 is 0 Å². The van der Waals surface area contributed by atoms with Crippen LogP contribution in [0.5, 0.6) is 11.5 Å². The van der Waals surface area contributed by atoms with Crippen molar-refractivity contribution >= 4 is 38.8 Å². The van der Waals surface area contributed by atoms with Crippen LogP contribution in [0.1, 0.15) is 24.5 Å². The summed E-state index contributed by atoms with van der Waals surface area (Å²) in [5.41, 5.74) is 4.54. The number of benzene rings is 4.